The van der Waals surface area contributed by atoms with Gasteiger partial charge in [-0.1, -0.05) is 13.0 Å². The second kappa shape index (κ2) is 6.33. The largest absolute Gasteiger partial charge is 0.395 e. The average Bonchev–Trinajstić information content (AvgIpc) is 2.35. The first-order valence-electron chi connectivity index (χ1n) is 5.68. The number of halogens is 1. The van der Waals surface area contributed by atoms with Crippen LogP contribution in [0, 0.1) is 17.1 Å². The number of nitrogens with zero attached hydrogens (tertiary/aromatic N) is 1. The van der Waals surface area contributed by atoms with E-state index in [1.807, 2.05) is 13.8 Å². The minimum Gasteiger partial charge on any atom is -0.395 e. The van der Waals surface area contributed by atoms with Gasteiger partial charge in [0.2, 0.25) is 0 Å². The number of nitrogens with one attached hydrogen (secondary N) is 1. The second-order valence-corrected chi connectivity index (χ2v) is 4.03. The first-order chi connectivity index (χ1) is 8.12. The Kier molecular flexibility index (Phi) is 5.08. The predicted molar refractivity (Wildman–Crippen MR) is 63.8 cm³/mol. The van der Waals surface area contributed by atoms with E-state index < -0.39 is 5.82 Å². The fourth-order valence-electron chi connectivity index (χ4n) is 1.64. The van der Waals surface area contributed by atoms with Gasteiger partial charge in [-0.05, 0) is 31.0 Å². The van der Waals surface area contributed by atoms with Crippen molar-refractivity contribution in [1.82, 2.24) is 5.32 Å². The third-order valence-electron chi connectivity index (χ3n) is 2.81. The average molecular weight is 236 g/mol. The van der Waals surface area contributed by atoms with Crippen molar-refractivity contribution in [3.8, 4) is 6.07 Å². The third-order valence-corrected chi connectivity index (χ3v) is 2.81. The monoisotopic (exact) mass is 236 g/mol. The van der Waals surface area contributed by atoms with Crippen LogP contribution in [0.25, 0.3) is 0 Å². The van der Waals surface area contributed by atoms with E-state index in [0.717, 1.165) is 12.0 Å². The predicted octanol–water partition coefficient (Wildman–Crippen LogP) is 2.12. The van der Waals surface area contributed by atoms with Gasteiger partial charge in [-0.2, -0.15) is 5.26 Å². The van der Waals surface area contributed by atoms with Crippen molar-refractivity contribution >= 4 is 0 Å². The molecule has 2 unspecified atom stereocenters. The minimum absolute atomic E-state index is 0.00343. The molecule has 0 aliphatic carbocycles. The van der Waals surface area contributed by atoms with Crippen LogP contribution in [0.15, 0.2) is 18.2 Å². The van der Waals surface area contributed by atoms with E-state index in [4.69, 9.17) is 10.4 Å². The lowest BCUT2D eigenvalue weighted by Gasteiger charge is -2.20. The van der Waals surface area contributed by atoms with Crippen molar-refractivity contribution in [1.29, 1.82) is 5.26 Å². The number of rotatable bonds is 5. The highest BCUT2D eigenvalue weighted by Gasteiger charge is 2.12. The van der Waals surface area contributed by atoms with Crippen molar-refractivity contribution in [3.05, 3.63) is 35.1 Å². The molecular weight excluding hydrogens is 219 g/mol. The summed E-state index contributed by atoms with van der Waals surface area (Å²) in [6.07, 6.45) is 0.805. The molecule has 0 spiro atoms. The van der Waals surface area contributed by atoms with E-state index in [2.05, 4.69) is 5.32 Å². The first-order valence-corrected chi connectivity index (χ1v) is 5.68. The molecule has 2 atom stereocenters. The summed E-state index contributed by atoms with van der Waals surface area (Å²) in [6, 6.07) is 6.29. The summed E-state index contributed by atoms with van der Waals surface area (Å²) < 4.78 is 13.4. The van der Waals surface area contributed by atoms with Crippen LogP contribution in [0.4, 0.5) is 4.39 Å². The highest BCUT2D eigenvalue weighted by Crippen LogP contribution is 2.17. The highest BCUT2D eigenvalue weighted by atomic mass is 19.1. The summed E-state index contributed by atoms with van der Waals surface area (Å²) in [5.41, 5.74) is 0.823. The van der Waals surface area contributed by atoms with E-state index >= 15 is 0 Å². The van der Waals surface area contributed by atoms with Gasteiger partial charge in [0.05, 0.1) is 12.2 Å². The number of hydrogen-bond acceptors (Lipinski definition) is 3. The van der Waals surface area contributed by atoms with E-state index in [0.29, 0.717) is 0 Å². The molecule has 0 saturated heterocycles. The Hall–Kier alpha value is -1.44. The van der Waals surface area contributed by atoms with Crippen LogP contribution >= 0.6 is 0 Å². The summed E-state index contributed by atoms with van der Waals surface area (Å²) >= 11 is 0. The third kappa shape index (κ3) is 3.52. The lowest BCUT2D eigenvalue weighted by atomic mass is 10.0. The maximum absolute atomic E-state index is 13.4. The molecule has 1 rings (SSSR count). The zero-order valence-corrected chi connectivity index (χ0v) is 10.1. The highest BCUT2D eigenvalue weighted by molar-refractivity contribution is 5.34. The molecule has 4 heteroatoms. The lowest BCUT2D eigenvalue weighted by Crippen LogP contribution is -2.33. The van der Waals surface area contributed by atoms with E-state index in [1.165, 1.54) is 12.1 Å². The maximum atomic E-state index is 13.4. The quantitative estimate of drug-likeness (QED) is 0.823. The summed E-state index contributed by atoms with van der Waals surface area (Å²) in [4.78, 5) is 0. The fraction of sp³-hybridized carbons (Fsp3) is 0.462. The number of nitriles is 1. The van der Waals surface area contributed by atoms with Crippen LogP contribution in [0.1, 0.15) is 37.4 Å². The smallest absolute Gasteiger partial charge is 0.141 e. The zero-order chi connectivity index (χ0) is 12.8. The van der Waals surface area contributed by atoms with Gasteiger partial charge in [0.15, 0.2) is 0 Å². The molecule has 1 aromatic rings. The molecule has 0 fully saturated rings. The maximum Gasteiger partial charge on any atom is 0.141 e. The summed E-state index contributed by atoms with van der Waals surface area (Å²) in [7, 11) is 0. The van der Waals surface area contributed by atoms with Gasteiger partial charge < -0.3 is 10.4 Å². The summed E-state index contributed by atoms with van der Waals surface area (Å²) in [6.45, 7) is 3.93. The molecule has 3 nitrogen and oxygen atoms in total. The molecule has 2 N–H and O–H groups in total. The van der Waals surface area contributed by atoms with Crippen LogP contribution in [0.5, 0.6) is 0 Å². The van der Waals surface area contributed by atoms with E-state index in [9.17, 15) is 4.39 Å². The molecule has 0 bridgehead atoms. The number of aliphatic hydroxyl groups is 1. The second-order valence-electron chi connectivity index (χ2n) is 4.03. The molecule has 0 saturated carbocycles. The molecule has 0 radical (unpaired) electrons. The Morgan fingerprint density at radius 2 is 2.24 bits per heavy atom. The SMILES string of the molecule is CCC(CO)NC(C)c1ccc(C#N)c(F)c1. The Balaban J connectivity index is 2.79. The molecule has 92 valence electrons. The van der Waals surface area contributed by atoms with Gasteiger partial charge in [0, 0.05) is 12.1 Å². The fourth-order valence-corrected chi connectivity index (χ4v) is 1.64. The van der Waals surface area contributed by atoms with E-state index in [-0.39, 0.29) is 24.3 Å². The number of benzene rings is 1. The Morgan fingerprint density at radius 1 is 1.53 bits per heavy atom. The van der Waals surface area contributed by atoms with Crippen molar-refractivity contribution in [2.24, 2.45) is 0 Å². The lowest BCUT2D eigenvalue weighted by molar-refractivity contribution is 0.230. The normalized spacial score (nSPS) is 14.1. The van der Waals surface area contributed by atoms with Crippen LogP contribution in [-0.4, -0.2) is 17.8 Å². The van der Waals surface area contributed by atoms with Gasteiger partial charge in [-0.25, -0.2) is 4.39 Å². The summed E-state index contributed by atoms with van der Waals surface area (Å²) in [5.74, 6) is -0.504. The first kappa shape index (κ1) is 13.6. The summed E-state index contributed by atoms with van der Waals surface area (Å²) in [5, 5.41) is 20.9. The van der Waals surface area contributed by atoms with Crippen molar-refractivity contribution < 1.29 is 9.50 Å². The molecular formula is C13H17FN2O. The van der Waals surface area contributed by atoms with Crippen LogP contribution in [0.3, 0.4) is 0 Å². The Labute approximate surface area is 101 Å². The van der Waals surface area contributed by atoms with Gasteiger partial charge >= 0.3 is 0 Å². The molecule has 0 heterocycles. The molecule has 0 aliphatic heterocycles. The van der Waals surface area contributed by atoms with Gasteiger partial charge in [0.25, 0.3) is 0 Å². The van der Waals surface area contributed by atoms with Crippen LogP contribution in [0.2, 0.25) is 0 Å². The van der Waals surface area contributed by atoms with Gasteiger partial charge in [0.1, 0.15) is 11.9 Å². The Bertz CT molecular complexity index is 410. The molecule has 0 amide bonds. The van der Waals surface area contributed by atoms with E-state index in [1.54, 1.807) is 12.1 Å². The van der Waals surface area contributed by atoms with Crippen molar-refractivity contribution in [2.75, 3.05) is 6.61 Å². The topological polar surface area (TPSA) is 56.0 Å². The Morgan fingerprint density at radius 3 is 2.71 bits per heavy atom. The van der Waals surface area contributed by atoms with Gasteiger partial charge in [-0.15, -0.1) is 0 Å². The molecule has 17 heavy (non-hydrogen) atoms. The number of aliphatic hydroxyl groups excluding tert-OH is 1. The molecule has 1 aromatic carbocycles. The van der Waals surface area contributed by atoms with Gasteiger partial charge in [-0.3, -0.25) is 0 Å². The zero-order valence-electron chi connectivity index (χ0n) is 10.1. The van der Waals surface area contributed by atoms with Crippen LogP contribution in [-0.2, 0) is 0 Å². The van der Waals surface area contributed by atoms with Crippen molar-refractivity contribution in [2.45, 2.75) is 32.4 Å². The minimum atomic E-state index is -0.504. The standard InChI is InChI=1S/C13H17FN2O/c1-3-12(8-17)16-9(2)10-4-5-11(7-15)13(14)6-10/h4-6,9,12,16-17H,3,8H2,1-2H3. The molecule has 0 aromatic heterocycles. The van der Waals surface area contributed by atoms with Crippen molar-refractivity contribution in [3.63, 3.8) is 0 Å². The number of hydrogen-bond donors (Lipinski definition) is 2. The molecule has 0 aliphatic rings. The van der Waals surface area contributed by atoms with Crippen LogP contribution < -0.4 is 5.32 Å².